The van der Waals surface area contributed by atoms with Gasteiger partial charge in [0.05, 0.1) is 24.6 Å². The first-order chi connectivity index (χ1) is 11.3. The molecule has 1 aromatic carbocycles. The van der Waals surface area contributed by atoms with E-state index in [-0.39, 0.29) is 18.6 Å². The molecule has 130 valence electrons. The Bertz CT molecular complexity index is 668. The van der Waals surface area contributed by atoms with Crippen LogP contribution in [0.5, 0.6) is 0 Å². The number of fused-ring (bicyclic) bond motifs is 1. The van der Waals surface area contributed by atoms with Crippen LogP contribution in [0.15, 0.2) is 18.2 Å². The standard InChI is InChI=1S/C17H18F3NO3/c1-2-24-15(22)8-14-12-6-5-11(17(18,19)20)7-13(12)16(23)21(14)9-10-3-4-10/h5-7,10,14H,2-4,8-9H2,1H3. The third-order valence-corrected chi connectivity index (χ3v) is 4.42. The molecule has 1 aliphatic carbocycles. The largest absolute Gasteiger partial charge is 0.466 e. The summed E-state index contributed by atoms with van der Waals surface area (Å²) in [5, 5.41) is 0. The average Bonchev–Trinajstić information content (AvgIpc) is 3.29. The molecule has 0 N–H and O–H groups in total. The summed E-state index contributed by atoms with van der Waals surface area (Å²) in [4.78, 5) is 26.0. The smallest absolute Gasteiger partial charge is 0.416 e. The number of halogens is 3. The van der Waals surface area contributed by atoms with Crippen LogP contribution < -0.4 is 0 Å². The van der Waals surface area contributed by atoms with Crippen LogP contribution in [-0.2, 0) is 15.7 Å². The fourth-order valence-electron chi connectivity index (χ4n) is 3.06. The Morgan fingerprint density at radius 2 is 2.04 bits per heavy atom. The molecule has 1 saturated carbocycles. The maximum absolute atomic E-state index is 12.9. The lowest BCUT2D eigenvalue weighted by atomic mass is 9.99. The molecular formula is C17H18F3NO3. The van der Waals surface area contributed by atoms with E-state index in [2.05, 4.69) is 0 Å². The topological polar surface area (TPSA) is 46.6 Å². The molecule has 24 heavy (non-hydrogen) atoms. The van der Waals surface area contributed by atoms with E-state index < -0.39 is 29.7 Å². The van der Waals surface area contributed by atoms with Gasteiger partial charge in [-0.05, 0) is 43.4 Å². The second kappa shape index (κ2) is 6.11. The van der Waals surface area contributed by atoms with Crippen molar-refractivity contribution < 1.29 is 27.5 Å². The first kappa shape index (κ1) is 16.8. The lowest BCUT2D eigenvalue weighted by molar-refractivity contribution is -0.144. The second-order valence-corrected chi connectivity index (χ2v) is 6.23. The number of carbonyl (C=O) groups excluding carboxylic acids is 2. The van der Waals surface area contributed by atoms with Gasteiger partial charge in [-0.3, -0.25) is 9.59 Å². The molecule has 7 heteroatoms. The van der Waals surface area contributed by atoms with Gasteiger partial charge >= 0.3 is 12.1 Å². The van der Waals surface area contributed by atoms with E-state index in [4.69, 9.17) is 4.74 Å². The molecule has 0 spiro atoms. The Morgan fingerprint density at radius 1 is 1.33 bits per heavy atom. The highest BCUT2D eigenvalue weighted by atomic mass is 19.4. The van der Waals surface area contributed by atoms with Crippen molar-refractivity contribution in [2.24, 2.45) is 5.92 Å². The van der Waals surface area contributed by atoms with Crippen LogP contribution >= 0.6 is 0 Å². The van der Waals surface area contributed by atoms with Crippen molar-refractivity contribution in [2.75, 3.05) is 13.2 Å². The van der Waals surface area contributed by atoms with Crippen molar-refractivity contribution in [3.63, 3.8) is 0 Å². The molecule has 1 aliphatic heterocycles. The molecule has 1 amide bonds. The minimum absolute atomic E-state index is 0.0370. The Kier molecular flexibility index (Phi) is 4.27. The van der Waals surface area contributed by atoms with Crippen LogP contribution in [0.2, 0.25) is 0 Å². The van der Waals surface area contributed by atoms with Gasteiger partial charge in [0, 0.05) is 12.1 Å². The van der Waals surface area contributed by atoms with Gasteiger partial charge in [-0.2, -0.15) is 13.2 Å². The van der Waals surface area contributed by atoms with Crippen molar-refractivity contribution in [3.05, 3.63) is 34.9 Å². The van der Waals surface area contributed by atoms with Crippen LogP contribution in [-0.4, -0.2) is 29.9 Å². The molecule has 0 bridgehead atoms. The first-order valence-corrected chi connectivity index (χ1v) is 7.99. The van der Waals surface area contributed by atoms with Crippen molar-refractivity contribution in [2.45, 2.75) is 38.4 Å². The molecule has 2 aliphatic rings. The van der Waals surface area contributed by atoms with Gasteiger partial charge in [0.25, 0.3) is 5.91 Å². The lowest BCUT2D eigenvalue weighted by Gasteiger charge is -2.24. The van der Waals surface area contributed by atoms with Crippen LogP contribution in [0.4, 0.5) is 13.2 Å². The Labute approximate surface area is 137 Å². The van der Waals surface area contributed by atoms with E-state index in [1.54, 1.807) is 6.92 Å². The number of amides is 1. The zero-order valence-electron chi connectivity index (χ0n) is 13.2. The number of alkyl halides is 3. The molecule has 3 rings (SSSR count). The number of nitrogens with zero attached hydrogens (tertiary/aromatic N) is 1. The number of esters is 1. The van der Waals surface area contributed by atoms with Crippen molar-refractivity contribution in [3.8, 4) is 0 Å². The van der Waals surface area contributed by atoms with Crippen LogP contribution in [0.1, 0.15) is 53.7 Å². The second-order valence-electron chi connectivity index (χ2n) is 6.23. The predicted molar refractivity (Wildman–Crippen MR) is 79.2 cm³/mol. The summed E-state index contributed by atoms with van der Waals surface area (Å²) in [7, 11) is 0. The number of carbonyl (C=O) groups is 2. The quantitative estimate of drug-likeness (QED) is 0.769. The summed E-state index contributed by atoms with van der Waals surface area (Å²) in [6.07, 6.45) is -2.54. The summed E-state index contributed by atoms with van der Waals surface area (Å²) in [6.45, 7) is 2.38. The van der Waals surface area contributed by atoms with Gasteiger partial charge < -0.3 is 9.64 Å². The van der Waals surface area contributed by atoms with E-state index in [1.807, 2.05) is 0 Å². The third-order valence-electron chi connectivity index (χ3n) is 4.42. The minimum Gasteiger partial charge on any atom is -0.466 e. The Hall–Kier alpha value is -2.05. The summed E-state index contributed by atoms with van der Waals surface area (Å²) in [5.41, 5.74) is -0.334. The molecule has 4 nitrogen and oxygen atoms in total. The van der Waals surface area contributed by atoms with E-state index in [0.717, 1.165) is 25.0 Å². The van der Waals surface area contributed by atoms with Crippen LogP contribution in [0.3, 0.4) is 0 Å². The van der Waals surface area contributed by atoms with Gasteiger partial charge in [-0.25, -0.2) is 0 Å². The third kappa shape index (κ3) is 3.25. The van der Waals surface area contributed by atoms with E-state index >= 15 is 0 Å². The van der Waals surface area contributed by atoms with Gasteiger partial charge in [-0.15, -0.1) is 0 Å². The van der Waals surface area contributed by atoms with E-state index in [9.17, 15) is 22.8 Å². The molecule has 1 aromatic rings. The number of hydrogen-bond acceptors (Lipinski definition) is 3. The molecule has 1 atom stereocenters. The zero-order valence-corrected chi connectivity index (χ0v) is 13.2. The summed E-state index contributed by atoms with van der Waals surface area (Å²) in [6, 6.07) is 2.62. The normalized spacial score (nSPS) is 20.2. The van der Waals surface area contributed by atoms with Gasteiger partial charge in [0.15, 0.2) is 0 Å². The van der Waals surface area contributed by atoms with Gasteiger partial charge in [-0.1, -0.05) is 6.07 Å². The molecular weight excluding hydrogens is 323 g/mol. The molecule has 0 saturated heterocycles. The SMILES string of the molecule is CCOC(=O)CC1c2ccc(C(F)(F)F)cc2C(=O)N1CC1CC1. The highest BCUT2D eigenvalue weighted by molar-refractivity contribution is 6.00. The maximum atomic E-state index is 12.9. The molecule has 0 aromatic heterocycles. The summed E-state index contributed by atoms with van der Waals surface area (Å²) >= 11 is 0. The Balaban J connectivity index is 1.93. The predicted octanol–water partition coefficient (Wildman–Crippen LogP) is 3.57. The summed E-state index contributed by atoms with van der Waals surface area (Å²) in [5.74, 6) is -0.517. The number of rotatable bonds is 5. The molecule has 1 fully saturated rings. The fourth-order valence-corrected chi connectivity index (χ4v) is 3.06. The van der Waals surface area contributed by atoms with E-state index in [1.165, 1.54) is 11.0 Å². The van der Waals surface area contributed by atoms with Crippen LogP contribution in [0.25, 0.3) is 0 Å². The highest BCUT2D eigenvalue weighted by Crippen LogP contribution is 2.42. The minimum atomic E-state index is -4.50. The zero-order chi connectivity index (χ0) is 17.5. The molecule has 1 heterocycles. The molecule has 1 unspecified atom stereocenters. The number of ether oxygens (including phenoxy) is 1. The maximum Gasteiger partial charge on any atom is 0.416 e. The number of benzene rings is 1. The van der Waals surface area contributed by atoms with Gasteiger partial charge in [0.1, 0.15) is 0 Å². The Morgan fingerprint density at radius 3 is 2.62 bits per heavy atom. The highest BCUT2D eigenvalue weighted by Gasteiger charge is 2.42. The van der Waals surface area contributed by atoms with Crippen molar-refractivity contribution in [1.82, 2.24) is 4.90 Å². The fraction of sp³-hybridized carbons (Fsp3) is 0.529. The van der Waals surface area contributed by atoms with Gasteiger partial charge in [0.2, 0.25) is 0 Å². The molecule has 0 radical (unpaired) electrons. The van der Waals surface area contributed by atoms with E-state index in [0.29, 0.717) is 18.0 Å². The number of hydrogen-bond donors (Lipinski definition) is 0. The first-order valence-electron chi connectivity index (χ1n) is 7.99. The van der Waals surface area contributed by atoms with Crippen molar-refractivity contribution in [1.29, 1.82) is 0 Å². The van der Waals surface area contributed by atoms with Crippen molar-refractivity contribution >= 4 is 11.9 Å². The average molecular weight is 341 g/mol. The lowest BCUT2D eigenvalue weighted by Crippen LogP contribution is -2.31. The monoisotopic (exact) mass is 341 g/mol. The van der Waals surface area contributed by atoms with Crippen LogP contribution in [0, 0.1) is 5.92 Å². The summed E-state index contributed by atoms with van der Waals surface area (Å²) < 4.78 is 43.7.